The van der Waals surface area contributed by atoms with Gasteiger partial charge in [-0.1, -0.05) is 6.07 Å². The Bertz CT molecular complexity index is 940. The van der Waals surface area contributed by atoms with Gasteiger partial charge in [-0.15, -0.1) is 0 Å². The lowest BCUT2D eigenvalue weighted by Gasteiger charge is -2.17. The van der Waals surface area contributed by atoms with Crippen molar-refractivity contribution in [3.05, 3.63) is 57.5 Å². The molecular weight excluding hydrogens is 373 g/mol. The fourth-order valence-electron chi connectivity index (χ4n) is 3.39. The van der Waals surface area contributed by atoms with E-state index in [-0.39, 0.29) is 11.4 Å². The van der Waals surface area contributed by atoms with Gasteiger partial charge in [0.15, 0.2) is 5.69 Å². The Morgan fingerprint density at radius 3 is 2.75 bits per heavy atom. The molecule has 9 heteroatoms. The molecule has 1 saturated heterocycles. The van der Waals surface area contributed by atoms with Crippen LogP contribution in [0.1, 0.15) is 28.2 Å². The fraction of sp³-hybridized carbons (Fsp3) is 0.421. The van der Waals surface area contributed by atoms with Gasteiger partial charge in [0.1, 0.15) is 0 Å². The Morgan fingerprint density at radius 2 is 2.07 bits per heavy atom. The molecular formula is C19H21F3N4O2. The molecule has 6 nitrogen and oxygen atoms in total. The number of nitrogens with zero attached hydrogens (tertiary/aromatic N) is 3. The van der Waals surface area contributed by atoms with Gasteiger partial charge >= 0.3 is 6.18 Å². The van der Waals surface area contributed by atoms with Crippen LogP contribution in [0.15, 0.2) is 35.1 Å². The summed E-state index contributed by atoms with van der Waals surface area (Å²) in [6.07, 6.45) is -3.68. The van der Waals surface area contributed by atoms with E-state index in [0.717, 1.165) is 25.1 Å². The Balaban J connectivity index is 1.96. The Hall–Kier alpha value is -2.68. The zero-order valence-corrected chi connectivity index (χ0v) is 15.6. The molecule has 2 aromatic rings. The van der Waals surface area contributed by atoms with Crippen molar-refractivity contribution in [3.63, 3.8) is 0 Å². The molecule has 0 bridgehead atoms. The minimum absolute atomic E-state index is 0.135. The molecule has 1 fully saturated rings. The number of halogens is 3. The van der Waals surface area contributed by atoms with Crippen molar-refractivity contribution >= 4 is 5.91 Å². The summed E-state index contributed by atoms with van der Waals surface area (Å²) in [7, 11) is 1.83. The number of alkyl halides is 3. The van der Waals surface area contributed by atoms with Crippen molar-refractivity contribution in [2.75, 3.05) is 26.7 Å². The zero-order valence-electron chi connectivity index (χ0n) is 15.6. The molecule has 3 rings (SSSR count). The monoisotopic (exact) mass is 394 g/mol. The third-order valence-corrected chi connectivity index (χ3v) is 4.79. The molecule has 1 aliphatic rings. The van der Waals surface area contributed by atoms with E-state index >= 15 is 0 Å². The van der Waals surface area contributed by atoms with E-state index in [2.05, 4.69) is 10.4 Å². The Labute approximate surface area is 160 Å². The molecule has 1 unspecified atom stereocenters. The summed E-state index contributed by atoms with van der Waals surface area (Å²) >= 11 is 0. The van der Waals surface area contributed by atoms with Crippen LogP contribution in [0.3, 0.4) is 0 Å². The maximum atomic E-state index is 13.0. The predicted octanol–water partition coefficient (Wildman–Crippen LogP) is 2.24. The normalized spacial score (nSPS) is 17.2. The minimum Gasteiger partial charge on any atom is -0.337 e. The average Bonchev–Trinajstić information content (AvgIpc) is 3.10. The maximum absolute atomic E-state index is 13.0. The molecule has 1 aliphatic heterocycles. The lowest BCUT2D eigenvalue weighted by Crippen LogP contribution is -2.35. The first-order valence-electron chi connectivity index (χ1n) is 8.93. The number of hydrogen-bond donors (Lipinski definition) is 1. The number of nitrogens with one attached hydrogen (secondary N) is 1. The molecule has 150 valence electrons. The second-order valence-corrected chi connectivity index (χ2v) is 6.92. The van der Waals surface area contributed by atoms with Crippen molar-refractivity contribution in [3.8, 4) is 5.69 Å². The first kappa shape index (κ1) is 20.1. The minimum atomic E-state index is -4.50. The van der Waals surface area contributed by atoms with Gasteiger partial charge < -0.3 is 10.2 Å². The largest absolute Gasteiger partial charge is 0.416 e. The van der Waals surface area contributed by atoms with Crippen molar-refractivity contribution < 1.29 is 18.0 Å². The number of aryl methyl sites for hydroxylation is 1. The molecule has 2 heterocycles. The highest BCUT2D eigenvalue weighted by atomic mass is 19.4. The van der Waals surface area contributed by atoms with E-state index in [9.17, 15) is 22.8 Å². The van der Waals surface area contributed by atoms with Gasteiger partial charge in [-0.05, 0) is 51.1 Å². The van der Waals surface area contributed by atoms with Crippen LogP contribution in [0, 0.1) is 12.8 Å². The fourth-order valence-corrected chi connectivity index (χ4v) is 3.39. The van der Waals surface area contributed by atoms with E-state index in [1.165, 1.54) is 22.9 Å². The molecule has 0 aliphatic carbocycles. The third-order valence-electron chi connectivity index (χ3n) is 4.79. The number of carbonyl (C=O) groups excluding carboxylic acids is 1. The zero-order chi connectivity index (χ0) is 20.5. The number of aromatic nitrogens is 2. The van der Waals surface area contributed by atoms with Crippen LogP contribution in [0.25, 0.3) is 5.69 Å². The van der Waals surface area contributed by atoms with Crippen molar-refractivity contribution in [1.82, 2.24) is 20.0 Å². The predicted molar refractivity (Wildman–Crippen MR) is 97.5 cm³/mol. The molecule has 1 aromatic heterocycles. The van der Waals surface area contributed by atoms with Gasteiger partial charge in [-0.3, -0.25) is 9.59 Å². The van der Waals surface area contributed by atoms with E-state index in [1.807, 2.05) is 7.05 Å². The molecule has 1 N–H and O–H groups in total. The van der Waals surface area contributed by atoms with Gasteiger partial charge in [-0.2, -0.15) is 18.3 Å². The summed E-state index contributed by atoms with van der Waals surface area (Å²) < 4.78 is 40.2. The Kier molecular flexibility index (Phi) is 5.55. The van der Waals surface area contributed by atoms with Crippen LogP contribution in [0.2, 0.25) is 0 Å². The molecule has 1 aromatic carbocycles. The van der Waals surface area contributed by atoms with Crippen LogP contribution < -0.4 is 10.7 Å². The summed E-state index contributed by atoms with van der Waals surface area (Å²) in [4.78, 5) is 26.7. The smallest absolute Gasteiger partial charge is 0.337 e. The molecule has 0 spiro atoms. The number of hydrogen-bond acceptors (Lipinski definition) is 4. The number of amides is 1. The summed E-state index contributed by atoms with van der Waals surface area (Å²) in [5, 5.41) is 7.18. The van der Waals surface area contributed by atoms with Crippen LogP contribution in [0.4, 0.5) is 13.2 Å². The van der Waals surface area contributed by atoms with Crippen molar-refractivity contribution in [1.29, 1.82) is 0 Å². The summed E-state index contributed by atoms with van der Waals surface area (Å²) in [5.74, 6) is -0.200. The van der Waals surface area contributed by atoms with Crippen LogP contribution in [-0.2, 0) is 6.18 Å². The highest BCUT2D eigenvalue weighted by Crippen LogP contribution is 2.30. The number of carbonyl (C=O) groups is 1. The quantitative estimate of drug-likeness (QED) is 0.864. The second kappa shape index (κ2) is 7.75. The number of rotatable bonds is 4. The molecule has 28 heavy (non-hydrogen) atoms. The van der Waals surface area contributed by atoms with Crippen molar-refractivity contribution in [2.45, 2.75) is 19.5 Å². The van der Waals surface area contributed by atoms with Crippen LogP contribution in [0.5, 0.6) is 0 Å². The van der Waals surface area contributed by atoms with Crippen LogP contribution in [-0.4, -0.2) is 47.3 Å². The lowest BCUT2D eigenvalue weighted by molar-refractivity contribution is -0.137. The third kappa shape index (κ3) is 4.09. The van der Waals surface area contributed by atoms with E-state index in [1.54, 1.807) is 11.8 Å². The molecule has 0 radical (unpaired) electrons. The molecule has 1 atom stereocenters. The topological polar surface area (TPSA) is 67.2 Å². The summed E-state index contributed by atoms with van der Waals surface area (Å²) in [6.45, 7) is 3.35. The number of likely N-dealkylation sites (tertiary alicyclic amines) is 1. The van der Waals surface area contributed by atoms with E-state index < -0.39 is 23.1 Å². The van der Waals surface area contributed by atoms with Gasteiger partial charge in [0.2, 0.25) is 5.43 Å². The second-order valence-electron chi connectivity index (χ2n) is 6.92. The van der Waals surface area contributed by atoms with Crippen LogP contribution >= 0.6 is 0 Å². The Morgan fingerprint density at radius 1 is 1.32 bits per heavy atom. The van der Waals surface area contributed by atoms with Gasteiger partial charge in [0.05, 0.1) is 11.3 Å². The van der Waals surface area contributed by atoms with E-state index in [4.69, 9.17) is 0 Å². The highest BCUT2D eigenvalue weighted by Gasteiger charge is 2.31. The standard InChI is InChI=1S/C19H21F3N4O2/c1-12-8-16(27)17(18(28)25-7-6-13(11-25)10-23-2)24-26(12)15-5-3-4-14(9-15)19(20,21)22/h3-5,8-9,13,23H,6-7,10-11H2,1-2H3. The molecule has 0 saturated carbocycles. The maximum Gasteiger partial charge on any atom is 0.416 e. The van der Waals surface area contributed by atoms with Crippen molar-refractivity contribution in [2.24, 2.45) is 5.92 Å². The SMILES string of the molecule is CNCC1CCN(C(=O)c2nn(-c3cccc(C(F)(F)F)c3)c(C)cc2=O)C1. The molecule has 1 amide bonds. The van der Waals surface area contributed by atoms with Gasteiger partial charge in [0, 0.05) is 24.8 Å². The van der Waals surface area contributed by atoms with E-state index in [0.29, 0.717) is 24.7 Å². The van der Waals surface area contributed by atoms with Gasteiger partial charge in [0.25, 0.3) is 5.91 Å². The summed E-state index contributed by atoms with van der Waals surface area (Å²) in [6, 6.07) is 5.84. The highest BCUT2D eigenvalue weighted by molar-refractivity contribution is 5.92. The first-order chi connectivity index (χ1) is 13.2. The lowest BCUT2D eigenvalue weighted by atomic mass is 10.1. The average molecular weight is 394 g/mol. The van der Waals surface area contributed by atoms with Gasteiger partial charge in [-0.25, -0.2) is 4.68 Å². The summed E-state index contributed by atoms with van der Waals surface area (Å²) in [5.41, 5.74) is -1.17. The number of benzene rings is 1. The first-order valence-corrected chi connectivity index (χ1v) is 8.93.